The molecule has 3 nitrogen and oxygen atoms in total. The SMILES string of the molecule is CC(C)Oc1cncc(C2(N)CCCC(C)C2C)c1. The Morgan fingerprint density at radius 2 is 2.11 bits per heavy atom. The summed E-state index contributed by atoms with van der Waals surface area (Å²) in [7, 11) is 0. The maximum Gasteiger partial charge on any atom is 0.138 e. The van der Waals surface area contributed by atoms with Gasteiger partial charge in [-0.25, -0.2) is 0 Å². The Labute approximate surface area is 116 Å². The molecule has 1 fully saturated rings. The fourth-order valence-corrected chi connectivity index (χ4v) is 3.12. The molecule has 1 aromatic rings. The minimum absolute atomic E-state index is 0.161. The van der Waals surface area contributed by atoms with Crippen LogP contribution in [0, 0.1) is 11.8 Å². The summed E-state index contributed by atoms with van der Waals surface area (Å²) < 4.78 is 5.73. The van der Waals surface area contributed by atoms with Gasteiger partial charge >= 0.3 is 0 Å². The largest absolute Gasteiger partial charge is 0.489 e. The van der Waals surface area contributed by atoms with Crippen LogP contribution >= 0.6 is 0 Å². The molecule has 19 heavy (non-hydrogen) atoms. The standard InChI is InChI=1S/C16H26N2O/c1-11(2)19-15-8-14(9-18-10-15)16(17)7-5-6-12(3)13(16)4/h8-13H,5-7,17H2,1-4H3. The van der Waals surface area contributed by atoms with E-state index in [1.165, 1.54) is 12.8 Å². The number of aromatic nitrogens is 1. The number of pyridine rings is 1. The number of nitrogens with two attached hydrogens (primary N) is 1. The molecule has 2 N–H and O–H groups in total. The van der Waals surface area contributed by atoms with Crippen LogP contribution in [-0.4, -0.2) is 11.1 Å². The van der Waals surface area contributed by atoms with Crippen LogP contribution in [0.3, 0.4) is 0 Å². The van der Waals surface area contributed by atoms with E-state index in [9.17, 15) is 0 Å². The van der Waals surface area contributed by atoms with E-state index in [1.54, 1.807) is 6.20 Å². The van der Waals surface area contributed by atoms with Crippen LogP contribution in [0.2, 0.25) is 0 Å². The van der Waals surface area contributed by atoms with Crippen molar-refractivity contribution in [1.29, 1.82) is 0 Å². The van der Waals surface area contributed by atoms with Crippen molar-refractivity contribution < 1.29 is 4.74 Å². The predicted molar refractivity (Wildman–Crippen MR) is 78.0 cm³/mol. The van der Waals surface area contributed by atoms with Crippen molar-refractivity contribution in [3.63, 3.8) is 0 Å². The maximum absolute atomic E-state index is 6.72. The van der Waals surface area contributed by atoms with Gasteiger partial charge in [-0.05, 0) is 43.7 Å². The van der Waals surface area contributed by atoms with Gasteiger partial charge in [0, 0.05) is 11.7 Å². The van der Waals surface area contributed by atoms with Crippen LogP contribution < -0.4 is 10.5 Å². The second-order valence-corrected chi connectivity index (χ2v) is 6.27. The summed E-state index contributed by atoms with van der Waals surface area (Å²) >= 11 is 0. The zero-order valence-corrected chi connectivity index (χ0v) is 12.5. The molecule has 0 bridgehead atoms. The van der Waals surface area contributed by atoms with Crippen molar-refractivity contribution in [2.24, 2.45) is 17.6 Å². The molecule has 1 heterocycles. The fourth-order valence-electron chi connectivity index (χ4n) is 3.12. The number of rotatable bonds is 3. The molecule has 1 saturated carbocycles. The first kappa shape index (κ1) is 14.3. The Kier molecular flexibility index (Phi) is 4.14. The highest BCUT2D eigenvalue weighted by molar-refractivity contribution is 5.30. The molecule has 106 valence electrons. The molecule has 0 saturated heterocycles. The predicted octanol–water partition coefficient (Wildman–Crippen LogP) is 3.48. The van der Waals surface area contributed by atoms with Gasteiger partial charge in [0.15, 0.2) is 0 Å². The van der Waals surface area contributed by atoms with Gasteiger partial charge < -0.3 is 10.5 Å². The molecule has 0 aliphatic heterocycles. The lowest BCUT2D eigenvalue weighted by Crippen LogP contribution is -2.48. The minimum atomic E-state index is -0.263. The van der Waals surface area contributed by atoms with E-state index < -0.39 is 0 Å². The zero-order chi connectivity index (χ0) is 14.0. The molecule has 2 rings (SSSR count). The normalized spacial score (nSPS) is 31.5. The molecular formula is C16H26N2O. The topological polar surface area (TPSA) is 48.1 Å². The van der Waals surface area contributed by atoms with Gasteiger partial charge in [0.2, 0.25) is 0 Å². The summed E-state index contributed by atoms with van der Waals surface area (Å²) in [6.45, 7) is 8.61. The quantitative estimate of drug-likeness (QED) is 0.907. The van der Waals surface area contributed by atoms with Gasteiger partial charge in [-0.15, -0.1) is 0 Å². The Bertz CT molecular complexity index is 433. The average molecular weight is 262 g/mol. The fraction of sp³-hybridized carbons (Fsp3) is 0.688. The molecule has 1 aromatic heterocycles. The third kappa shape index (κ3) is 2.92. The smallest absolute Gasteiger partial charge is 0.138 e. The van der Waals surface area contributed by atoms with Crippen molar-refractivity contribution in [2.75, 3.05) is 0 Å². The van der Waals surface area contributed by atoms with Gasteiger partial charge in [0.05, 0.1) is 12.3 Å². The lowest BCUT2D eigenvalue weighted by molar-refractivity contribution is 0.142. The average Bonchev–Trinajstić information content (AvgIpc) is 2.35. The van der Waals surface area contributed by atoms with Crippen LogP contribution in [0.4, 0.5) is 0 Å². The van der Waals surface area contributed by atoms with Crippen molar-refractivity contribution in [1.82, 2.24) is 4.98 Å². The van der Waals surface area contributed by atoms with Crippen LogP contribution in [0.5, 0.6) is 5.75 Å². The van der Waals surface area contributed by atoms with Crippen LogP contribution in [0.25, 0.3) is 0 Å². The van der Waals surface area contributed by atoms with Gasteiger partial charge in [0.1, 0.15) is 5.75 Å². The summed E-state index contributed by atoms with van der Waals surface area (Å²) in [6, 6.07) is 2.07. The zero-order valence-electron chi connectivity index (χ0n) is 12.5. The van der Waals surface area contributed by atoms with E-state index in [2.05, 4.69) is 24.9 Å². The first-order valence-corrected chi connectivity index (χ1v) is 7.34. The third-order valence-electron chi connectivity index (χ3n) is 4.54. The van der Waals surface area contributed by atoms with Crippen LogP contribution in [0.15, 0.2) is 18.5 Å². The Morgan fingerprint density at radius 3 is 2.79 bits per heavy atom. The second-order valence-electron chi connectivity index (χ2n) is 6.27. The molecule has 3 unspecified atom stereocenters. The highest BCUT2D eigenvalue weighted by Crippen LogP contribution is 2.42. The van der Waals surface area contributed by atoms with Gasteiger partial charge in [0.25, 0.3) is 0 Å². The van der Waals surface area contributed by atoms with Gasteiger partial charge in [-0.1, -0.05) is 26.7 Å². The molecule has 3 heteroatoms. The Hall–Kier alpha value is -1.09. The number of hydrogen-bond acceptors (Lipinski definition) is 3. The molecule has 0 spiro atoms. The molecular weight excluding hydrogens is 236 g/mol. The van der Waals surface area contributed by atoms with Gasteiger partial charge in [-0.2, -0.15) is 0 Å². The summed E-state index contributed by atoms with van der Waals surface area (Å²) in [6.07, 6.45) is 7.33. The molecule has 1 aliphatic carbocycles. The minimum Gasteiger partial charge on any atom is -0.489 e. The van der Waals surface area contributed by atoms with E-state index in [0.717, 1.165) is 17.7 Å². The van der Waals surface area contributed by atoms with E-state index in [4.69, 9.17) is 10.5 Å². The molecule has 3 atom stereocenters. The maximum atomic E-state index is 6.72. The first-order valence-electron chi connectivity index (χ1n) is 7.34. The van der Waals surface area contributed by atoms with E-state index in [-0.39, 0.29) is 11.6 Å². The number of nitrogens with zero attached hydrogens (tertiary/aromatic N) is 1. The summed E-state index contributed by atoms with van der Waals surface area (Å²) in [4.78, 5) is 4.31. The lowest BCUT2D eigenvalue weighted by atomic mass is 9.66. The highest BCUT2D eigenvalue weighted by Gasteiger charge is 2.39. The van der Waals surface area contributed by atoms with Gasteiger partial charge in [-0.3, -0.25) is 4.98 Å². The van der Waals surface area contributed by atoms with Crippen molar-refractivity contribution >= 4 is 0 Å². The molecule has 1 aliphatic rings. The van der Waals surface area contributed by atoms with Crippen molar-refractivity contribution in [2.45, 2.75) is 58.6 Å². The Balaban J connectivity index is 2.29. The third-order valence-corrected chi connectivity index (χ3v) is 4.54. The number of hydrogen-bond donors (Lipinski definition) is 1. The van der Waals surface area contributed by atoms with E-state index in [1.807, 2.05) is 20.0 Å². The first-order chi connectivity index (χ1) is 8.93. The lowest BCUT2D eigenvalue weighted by Gasteiger charge is -2.43. The summed E-state index contributed by atoms with van der Waals surface area (Å²) in [5.74, 6) is 1.95. The van der Waals surface area contributed by atoms with Crippen molar-refractivity contribution in [3.8, 4) is 5.75 Å². The summed E-state index contributed by atoms with van der Waals surface area (Å²) in [5.41, 5.74) is 7.57. The van der Waals surface area contributed by atoms with Crippen LogP contribution in [0.1, 0.15) is 52.5 Å². The number of ether oxygens (including phenoxy) is 1. The second kappa shape index (κ2) is 5.49. The van der Waals surface area contributed by atoms with E-state index >= 15 is 0 Å². The highest BCUT2D eigenvalue weighted by atomic mass is 16.5. The van der Waals surface area contributed by atoms with E-state index in [0.29, 0.717) is 11.8 Å². The summed E-state index contributed by atoms with van der Waals surface area (Å²) in [5, 5.41) is 0. The molecule has 0 radical (unpaired) electrons. The molecule has 0 amide bonds. The molecule has 0 aromatic carbocycles. The van der Waals surface area contributed by atoms with Crippen LogP contribution in [-0.2, 0) is 5.54 Å². The Morgan fingerprint density at radius 1 is 1.37 bits per heavy atom. The monoisotopic (exact) mass is 262 g/mol. The van der Waals surface area contributed by atoms with Crippen molar-refractivity contribution in [3.05, 3.63) is 24.0 Å².